The maximum absolute atomic E-state index is 12.4. The van der Waals surface area contributed by atoms with Crippen LogP contribution in [0.5, 0.6) is 0 Å². The second-order valence-corrected chi connectivity index (χ2v) is 7.71. The van der Waals surface area contributed by atoms with Gasteiger partial charge in [0, 0.05) is 16.6 Å². The second kappa shape index (κ2) is 12.1. The largest absolute Gasteiger partial charge is 0.454 e. The van der Waals surface area contributed by atoms with E-state index in [9.17, 15) is 19.2 Å². The monoisotopic (exact) mass is 425 g/mol. The Bertz CT molecular complexity index is 719. The first kappa shape index (κ1) is 24.4. The number of hydrogen-bond donors (Lipinski definition) is 3. The molecule has 0 aliphatic heterocycles. The van der Waals surface area contributed by atoms with Gasteiger partial charge in [-0.3, -0.25) is 14.4 Å². The predicted octanol–water partition coefficient (Wildman–Crippen LogP) is 1.67. The van der Waals surface area contributed by atoms with Gasteiger partial charge in [-0.15, -0.1) is 0 Å². The molecule has 3 N–H and O–H groups in total. The van der Waals surface area contributed by atoms with Crippen molar-refractivity contribution in [2.45, 2.75) is 46.2 Å². The zero-order valence-electron chi connectivity index (χ0n) is 17.1. The quantitative estimate of drug-likeness (QED) is 0.493. The van der Waals surface area contributed by atoms with E-state index in [1.807, 2.05) is 13.8 Å². The van der Waals surface area contributed by atoms with Gasteiger partial charge in [-0.25, -0.2) is 4.79 Å². The van der Waals surface area contributed by atoms with E-state index in [1.54, 1.807) is 38.1 Å². The van der Waals surface area contributed by atoms with Gasteiger partial charge in [-0.1, -0.05) is 25.4 Å². The molecule has 0 bridgehead atoms. The molecule has 1 aromatic carbocycles. The molecule has 0 unspecified atom stereocenters. The fraction of sp³-hybridized carbons (Fsp3) is 0.500. The number of halogens is 1. The first-order chi connectivity index (χ1) is 13.6. The highest BCUT2D eigenvalue weighted by atomic mass is 35.5. The van der Waals surface area contributed by atoms with E-state index >= 15 is 0 Å². The number of carbonyl (C=O) groups excluding carboxylic acids is 4. The molecular weight excluding hydrogens is 398 g/mol. The molecule has 1 aromatic rings. The molecule has 9 heteroatoms. The third-order valence-corrected chi connectivity index (χ3v) is 3.90. The van der Waals surface area contributed by atoms with Crippen molar-refractivity contribution in [3.8, 4) is 0 Å². The average Bonchev–Trinajstić information content (AvgIpc) is 2.63. The highest BCUT2D eigenvalue weighted by Gasteiger charge is 2.24. The van der Waals surface area contributed by atoms with Crippen LogP contribution >= 0.6 is 11.6 Å². The van der Waals surface area contributed by atoms with Crippen LogP contribution in [0.25, 0.3) is 0 Å². The Morgan fingerprint density at radius 2 is 1.59 bits per heavy atom. The third-order valence-electron chi connectivity index (χ3n) is 3.64. The zero-order chi connectivity index (χ0) is 22.0. The van der Waals surface area contributed by atoms with Crippen LogP contribution < -0.4 is 16.0 Å². The molecule has 1 rings (SSSR count). The SMILES string of the molecule is CC(C)C[C@@H](NC(=O)c1ccc(Cl)cc1)C(=O)OCC(=O)NCC(=O)NC(C)C. The highest BCUT2D eigenvalue weighted by Crippen LogP contribution is 2.11. The molecule has 29 heavy (non-hydrogen) atoms. The summed E-state index contributed by atoms with van der Waals surface area (Å²) >= 11 is 5.81. The number of ether oxygens (including phenoxy) is 1. The van der Waals surface area contributed by atoms with Gasteiger partial charge in [0.05, 0.1) is 6.54 Å². The minimum Gasteiger partial charge on any atom is -0.454 e. The number of rotatable bonds is 10. The van der Waals surface area contributed by atoms with Crippen LogP contribution in [0.3, 0.4) is 0 Å². The van der Waals surface area contributed by atoms with E-state index in [-0.39, 0.29) is 24.4 Å². The lowest BCUT2D eigenvalue weighted by atomic mass is 10.0. The summed E-state index contributed by atoms with van der Waals surface area (Å²) in [5.41, 5.74) is 0.352. The van der Waals surface area contributed by atoms with Crippen molar-refractivity contribution in [3.05, 3.63) is 34.9 Å². The van der Waals surface area contributed by atoms with Crippen molar-refractivity contribution >= 4 is 35.3 Å². The Balaban J connectivity index is 2.58. The lowest BCUT2D eigenvalue weighted by molar-refractivity contribution is -0.150. The summed E-state index contributed by atoms with van der Waals surface area (Å²) in [6, 6.07) is 5.29. The summed E-state index contributed by atoms with van der Waals surface area (Å²) in [6.45, 7) is 6.64. The van der Waals surface area contributed by atoms with E-state index in [4.69, 9.17) is 16.3 Å². The number of amides is 3. The minimum absolute atomic E-state index is 0.0433. The number of esters is 1. The van der Waals surface area contributed by atoms with Crippen LogP contribution in [-0.2, 0) is 19.1 Å². The van der Waals surface area contributed by atoms with Gasteiger partial charge in [0.1, 0.15) is 6.04 Å². The smallest absolute Gasteiger partial charge is 0.329 e. The van der Waals surface area contributed by atoms with Gasteiger partial charge < -0.3 is 20.7 Å². The molecule has 0 radical (unpaired) electrons. The second-order valence-electron chi connectivity index (χ2n) is 7.27. The zero-order valence-corrected chi connectivity index (χ0v) is 17.8. The first-order valence-corrected chi connectivity index (χ1v) is 9.75. The van der Waals surface area contributed by atoms with E-state index in [0.717, 1.165) is 0 Å². The van der Waals surface area contributed by atoms with Crippen LogP contribution in [-0.4, -0.2) is 48.9 Å². The van der Waals surface area contributed by atoms with Crippen molar-refractivity contribution in [2.75, 3.05) is 13.2 Å². The lowest BCUT2D eigenvalue weighted by Gasteiger charge is -2.19. The van der Waals surface area contributed by atoms with Crippen LogP contribution in [0, 0.1) is 5.92 Å². The van der Waals surface area contributed by atoms with E-state index in [1.165, 1.54) is 0 Å². The van der Waals surface area contributed by atoms with Crippen LogP contribution in [0.15, 0.2) is 24.3 Å². The molecule has 0 spiro atoms. The van der Waals surface area contributed by atoms with Gasteiger partial charge in [-0.05, 0) is 50.5 Å². The van der Waals surface area contributed by atoms with Crippen LogP contribution in [0.4, 0.5) is 0 Å². The van der Waals surface area contributed by atoms with Crippen molar-refractivity contribution in [1.82, 2.24) is 16.0 Å². The topological polar surface area (TPSA) is 114 Å². The summed E-state index contributed by atoms with van der Waals surface area (Å²) in [6.07, 6.45) is 0.344. The van der Waals surface area contributed by atoms with Crippen molar-refractivity contribution in [2.24, 2.45) is 5.92 Å². The number of benzene rings is 1. The number of carbonyl (C=O) groups is 4. The first-order valence-electron chi connectivity index (χ1n) is 9.37. The minimum atomic E-state index is -0.907. The van der Waals surface area contributed by atoms with E-state index in [0.29, 0.717) is 17.0 Å². The van der Waals surface area contributed by atoms with Crippen molar-refractivity contribution < 1.29 is 23.9 Å². The summed E-state index contributed by atoms with van der Waals surface area (Å²) in [5, 5.41) is 8.11. The number of hydrogen-bond acceptors (Lipinski definition) is 5. The summed E-state index contributed by atoms with van der Waals surface area (Å²) < 4.78 is 5.02. The Morgan fingerprint density at radius 3 is 2.14 bits per heavy atom. The molecule has 0 aromatic heterocycles. The average molecular weight is 426 g/mol. The van der Waals surface area contributed by atoms with Crippen LogP contribution in [0.1, 0.15) is 44.5 Å². The Kier molecular flexibility index (Phi) is 10.2. The molecule has 160 valence electrons. The van der Waals surface area contributed by atoms with Crippen molar-refractivity contribution in [1.29, 1.82) is 0 Å². The van der Waals surface area contributed by atoms with Gasteiger partial charge in [0.2, 0.25) is 5.91 Å². The van der Waals surface area contributed by atoms with Gasteiger partial charge in [0.25, 0.3) is 11.8 Å². The summed E-state index contributed by atoms with van der Waals surface area (Å²) in [7, 11) is 0. The molecule has 8 nitrogen and oxygen atoms in total. The Hall–Kier alpha value is -2.61. The standard InChI is InChI=1S/C20H28ClN3O5/c1-12(2)9-16(24-19(27)14-5-7-15(21)8-6-14)20(28)29-11-18(26)22-10-17(25)23-13(3)4/h5-8,12-13,16H,9-11H2,1-4H3,(H,22,26)(H,23,25)(H,24,27)/t16-/m1/s1. The van der Waals surface area contributed by atoms with Crippen LogP contribution in [0.2, 0.25) is 5.02 Å². The molecule has 0 saturated heterocycles. The molecule has 0 fully saturated rings. The summed E-state index contributed by atoms with van der Waals surface area (Å²) in [5.74, 6) is -2.01. The molecule has 1 atom stereocenters. The fourth-order valence-electron chi connectivity index (χ4n) is 2.37. The normalized spacial score (nSPS) is 11.7. The molecule has 3 amide bonds. The van der Waals surface area contributed by atoms with E-state index < -0.39 is 30.4 Å². The molecule has 0 aliphatic rings. The maximum atomic E-state index is 12.4. The predicted molar refractivity (Wildman–Crippen MR) is 109 cm³/mol. The Morgan fingerprint density at radius 1 is 0.966 bits per heavy atom. The third kappa shape index (κ3) is 9.94. The van der Waals surface area contributed by atoms with E-state index in [2.05, 4.69) is 16.0 Å². The van der Waals surface area contributed by atoms with Gasteiger partial charge in [0.15, 0.2) is 6.61 Å². The molecular formula is C20H28ClN3O5. The Labute approximate surface area is 175 Å². The molecule has 0 heterocycles. The fourth-order valence-corrected chi connectivity index (χ4v) is 2.49. The highest BCUT2D eigenvalue weighted by molar-refractivity contribution is 6.30. The van der Waals surface area contributed by atoms with Gasteiger partial charge in [-0.2, -0.15) is 0 Å². The lowest BCUT2D eigenvalue weighted by Crippen LogP contribution is -2.44. The summed E-state index contributed by atoms with van der Waals surface area (Å²) in [4.78, 5) is 48.0. The van der Waals surface area contributed by atoms with Crippen molar-refractivity contribution in [3.63, 3.8) is 0 Å². The maximum Gasteiger partial charge on any atom is 0.329 e. The molecule has 0 saturated carbocycles. The van der Waals surface area contributed by atoms with Gasteiger partial charge >= 0.3 is 5.97 Å². The molecule has 0 aliphatic carbocycles. The number of nitrogens with one attached hydrogen (secondary N) is 3.